The Morgan fingerprint density at radius 1 is 1.26 bits per heavy atom. The van der Waals surface area contributed by atoms with Crippen LogP contribution in [-0.4, -0.2) is 12.1 Å². The smallest absolute Gasteiger partial charge is 0.338 e. The summed E-state index contributed by atoms with van der Waals surface area (Å²) in [7, 11) is 0. The fourth-order valence-corrected chi connectivity index (χ4v) is 1.89. The van der Waals surface area contributed by atoms with Crippen LogP contribution in [0.3, 0.4) is 0 Å². The molecule has 1 unspecified atom stereocenters. The van der Waals surface area contributed by atoms with Gasteiger partial charge in [-0.2, -0.15) is 0 Å². The molecule has 1 atom stereocenters. The number of hydrogen-bond donors (Lipinski definition) is 0. The van der Waals surface area contributed by atoms with E-state index in [1.54, 1.807) is 18.2 Å². The number of esters is 1. The monoisotopic (exact) mass is 260 g/mol. The van der Waals surface area contributed by atoms with E-state index in [9.17, 15) is 4.79 Å². The fraction of sp³-hybridized carbons (Fsp3) is 0.471. The van der Waals surface area contributed by atoms with Crippen LogP contribution in [-0.2, 0) is 4.74 Å². The van der Waals surface area contributed by atoms with Crippen LogP contribution in [0.4, 0.5) is 0 Å². The first-order valence-electron chi connectivity index (χ1n) is 7.07. The van der Waals surface area contributed by atoms with Gasteiger partial charge in [0.25, 0.3) is 0 Å². The van der Waals surface area contributed by atoms with Gasteiger partial charge in [-0.05, 0) is 31.9 Å². The van der Waals surface area contributed by atoms with Gasteiger partial charge in [-0.25, -0.2) is 4.79 Å². The van der Waals surface area contributed by atoms with Crippen molar-refractivity contribution in [1.82, 2.24) is 0 Å². The largest absolute Gasteiger partial charge is 0.455 e. The van der Waals surface area contributed by atoms with E-state index in [1.165, 1.54) is 19.3 Å². The highest BCUT2D eigenvalue weighted by Crippen LogP contribution is 2.12. The maximum absolute atomic E-state index is 11.9. The second-order valence-corrected chi connectivity index (χ2v) is 4.89. The molecule has 19 heavy (non-hydrogen) atoms. The van der Waals surface area contributed by atoms with Crippen LogP contribution < -0.4 is 0 Å². The van der Waals surface area contributed by atoms with Gasteiger partial charge >= 0.3 is 5.97 Å². The van der Waals surface area contributed by atoms with Crippen molar-refractivity contribution in [2.75, 3.05) is 0 Å². The van der Waals surface area contributed by atoms with Gasteiger partial charge in [-0.3, -0.25) is 0 Å². The lowest BCUT2D eigenvalue weighted by Crippen LogP contribution is -2.16. The van der Waals surface area contributed by atoms with Crippen LogP contribution in [0.25, 0.3) is 0 Å². The van der Waals surface area contributed by atoms with Crippen LogP contribution in [0.5, 0.6) is 0 Å². The minimum atomic E-state index is -0.264. The van der Waals surface area contributed by atoms with E-state index in [1.807, 2.05) is 19.1 Å². The molecule has 0 saturated heterocycles. The van der Waals surface area contributed by atoms with Crippen LogP contribution in [0.15, 0.2) is 36.9 Å². The van der Waals surface area contributed by atoms with Crippen LogP contribution in [0.1, 0.15) is 54.9 Å². The zero-order valence-electron chi connectivity index (χ0n) is 12.0. The Balaban J connectivity index is 2.44. The first kappa shape index (κ1) is 15.5. The number of aryl methyl sites for hydroxylation is 1. The molecule has 0 N–H and O–H groups in total. The molecular weight excluding hydrogens is 236 g/mol. The summed E-state index contributed by atoms with van der Waals surface area (Å²) in [6.45, 7) is 7.92. The lowest BCUT2D eigenvalue weighted by molar-refractivity contribution is 0.0376. The Bertz CT molecular complexity index is 392. The summed E-state index contributed by atoms with van der Waals surface area (Å²) in [6.07, 6.45) is 7.11. The third-order valence-electron chi connectivity index (χ3n) is 3.15. The van der Waals surface area contributed by atoms with E-state index in [0.29, 0.717) is 5.56 Å². The van der Waals surface area contributed by atoms with Gasteiger partial charge in [0.2, 0.25) is 0 Å². The van der Waals surface area contributed by atoms with E-state index in [0.717, 1.165) is 18.4 Å². The van der Waals surface area contributed by atoms with Crippen LogP contribution in [0.2, 0.25) is 0 Å². The second-order valence-electron chi connectivity index (χ2n) is 4.89. The van der Waals surface area contributed by atoms with Gasteiger partial charge < -0.3 is 4.74 Å². The average Bonchev–Trinajstić information content (AvgIpc) is 2.42. The van der Waals surface area contributed by atoms with E-state index in [-0.39, 0.29) is 12.1 Å². The Kier molecular flexibility index (Phi) is 6.94. The number of hydrogen-bond acceptors (Lipinski definition) is 2. The molecule has 0 aliphatic carbocycles. The lowest BCUT2D eigenvalue weighted by atomic mass is 10.1. The van der Waals surface area contributed by atoms with E-state index < -0.39 is 0 Å². The van der Waals surface area contributed by atoms with Crippen molar-refractivity contribution in [1.29, 1.82) is 0 Å². The van der Waals surface area contributed by atoms with Crippen molar-refractivity contribution in [3.8, 4) is 0 Å². The minimum Gasteiger partial charge on any atom is -0.455 e. The van der Waals surface area contributed by atoms with Crippen molar-refractivity contribution in [3.63, 3.8) is 0 Å². The summed E-state index contributed by atoms with van der Waals surface area (Å²) < 4.78 is 5.45. The molecule has 0 amide bonds. The molecule has 0 bridgehead atoms. The standard InChI is InChI=1S/C17H24O2/c1-4-6-7-8-9-16(5-2)19-17(18)15-12-10-14(3)11-13-15/h5,10-13,16H,2,4,6-9H2,1,3H3. The van der Waals surface area contributed by atoms with E-state index in [4.69, 9.17) is 4.74 Å². The molecular formula is C17H24O2. The molecule has 2 nitrogen and oxygen atoms in total. The van der Waals surface area contributed by atoms with Gasteiger partial charge in [-0.15, -0.1) is 0 Å². The highest BCUT2D eigenvalue weighted by atomic mass is 16.5. The highest BCUT2D eigenvalue weighted by molar-refractivity contribution is 5.89. The topological polar surface area (TPSA) is 26.3 Å². The third kappa shape index (κ3) is 5.73. The number of benzene rings is 1. The van der Waals surface area contributed by atoms with E-state index >= 15 is 0 Å². The number of ether oxygens (including phenoxy) is 1. The molecule has 0 radical (unpaired) electrons. The first-order valence-corrected chi connectivity index (χ1v) is 7.07. The van der Waals surface area contributed by atoms with Gasteiger partial charge in [0, 0.05) is 0 Å². The zero-order valence-corrected chi connectivity index (χ0v) is 12.0. The number of rotatable bonds is 8. The summed E-state index contributed by atoms with van der Waals surface area (Å²) in [6, 6.07) is 7.44. The predicted molar refractivity (Wildman–Crippen MR) is 79.3 cm³/mol. The van der Waals surface area contributed by atoms with Crippen LogP contribution >= 0.6 is 0 Å². The quantitative estimate of drug-likeness (QED) is 0.385. The normalized spacial score (nSPS) is 11.9. The molecule has 104 valence electrons. The van der Waals surface area contributed by atoms with Crippen molar-refractivity contribution in [2.24, 2.45) is 0 Å². The number of carbonyl (C=O) groups is 1. The molecule has 0 saturated carbocycles. The Morgan fingerprint density at radius 2 is 1.95 bits per heavy atom. The summed E-state index contributed by atoms with van der Waals surface area (Å²) in [4.78, 5) is 11.9. The van der Waals surface area contributed by atoms with E-state index in [2.05, 4.69) is 13.5 Å². The molecule has 1 aromatic carbocycles. The number of carbonyl (C=O) groups excluding carboxylic acids is 1. The molecule has 0 heterocycles. The lowest BCUT2D eigenvalue weighted by Gasteiger charge is -2.14. The summed E-state index contributed by atoms with van der Waals surface area (Å²) in [5, 5.41) is 0. The fourth-order valence-electron chi connectivity index (χ4n) is 1.89. The molecule has 0 spiro atoms. The number of unbranched alkanes of at least 4 members (excludes halogenated alkanes) is 3. The third-order valence-corrected chi connectivity index (χ3v) is 3.15. The molecule has 1 rings (SSSR count). The SMILES string of the molecule is C=CC(CCCCCC)OC(=O)c1ccc(C)cc1. The maximum atomic E-state index is 11.9. The van der Waals surface area contributed by atoms with Crippen molar-refractivity contribution < 1.29 is 9.53 Å². The van der Waals surface area contributed by atoms with Gasteiger partial charge in [-0.1, -0.05) is 56.5 Å². The molecule has 0 aliphatic rings. The van der Waals surface area contributed by atoms with Gasteiger partial charge in [0.05, 0.1) is 5.56 Å². The Hall–Kier alpha value is -1.57. The Labute approximate surface area is 116 Å². The van der Waals surface area contributed by atoms with Crippen molar-refractivity contribution in [3.05, 3.63) is 48.0 Å². The molecule has 2 heteroatoms. The second kappa shape index (κ2) is 8.52. The van der Waals surface area contributed by atoms with Crippen LogP contribution in [0, 0.1) is 6.92 Å². The molecule has 0 aromatic heterocycles. The highest BCUT2D eigenvalue weighted by Gasteiger charge is 2.12. The van der Waals surface area contributed by atoms with Crippen molar-refractivity contribution in [2.45, 2.75) is 52.1 Å². The average molecular weight is 260 g/mol. The minimum absolute atomic E-state index is 0.175. The molecule has 1 aromatic rings. The predicted octanol–water partition coefficient (Wildman–Crippen LogP) is 4.68. The molecule has 0 fully saturated rings. The van der Waals surface area contributed by atoms with Gasteiger partial charge in [0.15, 0.2) is 0 Å². The Morgan fingerprint density at radius 3 is 2.53 bits per heavy atom. The zero-order chi connectivity index (χ0) is 14.1. The van der Waals surface area contributed by atoms with Crippen molar-refractivity contribution >= 4 is 5.97 Å². The first-order chi connectivity index (χ1) is 9.17. The van der Waals surface area contributed by atoms with Gasteiger partial charge in [0.1, 0.15) is 6.10 Å². The summed E-state index contributed by atoms with van der Waals surface area (Å²) in [5.74, 6) is -0.264. The molecule has 0 aliphatic heterocycles. The maximum Gasteiger partial charge on any atom is 0.338 e. The summed E-state index contributed by atoms with van der Waals surface area (Å²) in [5.41, 5.74) is 1.74. The summed E-state index contributed by atoms with van der Waals surface area (Å²) >= 11 is 0.